The molecule has 3 aromatic rings. The summed E-state index contributed by atoms with van der Waals surface area (Å²) in [6, 6.07) is 14.4. The van der Waals surface area contributed by atoms with Gasteiger partial charge in [-0.25, -0.2) is 21.8 Å². The van der Waals surface area contributed by atoms with Gasteiger partial charge in [0.25, 0.3) is 10.0 Å². The first-order chi connectivity index (χ1) is 12.8. The molecule has 1 aromatic heterocycles. The van der Waals surface area contributed by atoms with Crippen LogP contribution in [-0.2, 0) is 26.3 Å². The van der Waals surface area contributed by atoms with Crippen LogP contribution >= 0.6 is 22.9 Å². The van der Waals surface area contributed by atoms with Gasteiger partial charge >= 0.3 is 0 Å². The van der Waals surface area contributed by atoms with Crippen LogP contribution in [0.3, 0.4) is 0 Å². The maximum Gasteiger partial charge on any atom is 0.263 e. The Morgan fingerprint density at radius 1 is 0.926 bits per heavy atom. The van der Waals surface area contributed by atoms with E-state index in [0.29, 0.717) is 10.8 Å². The van der Waals surface area contributed by atoms with Crippen molar-refractivity contribution >= 4 is 47.9 Å². The highest BCUT2D eigenvalue weighted by molar-refractivity contribution is 7.93. The Morgan fingerprint density at radius 3 is 2.15 bits per heavy atom. The normalized spacial score (nSPS) is 12.0. The van der Waals surface area contributed by atoms with E-state index in [9.17, 15) is 16.8 Å². The summed E-state index contributed by atoms with van der Waals surface area (Å²) in [7, 11) is -7.39. The Balaban J connectivity index is 1.73. The molecule has 6 nitrogen and oxygen atoms in total. The maximum atomic E-state index is 12.5. The lowest BCUT2D eigenvalue weighted by molar-refractivity contribution is 0.593. The molecule has 0 bridgehead atoms. The van der Waals surface area contributed by atoms with Crippen LogP contribution in [0.15, 0.2) is 70.6 Å². The monoisotopic (exact) mass is 442 g/mol. The van der Waals surface area contributed by atoms with E-state index in [1.807, 2.05) is 30.3 Å². The zero-order valence-corrected chi connectivity index (χ0v) is 17.1. The standard InChI is InChI=1S/C17H15ClN2O4S3/c18-16-12-19-17(25-16)20-27(23,24)15-8-6-14(7-9-15)26(21,22)11-10-13-4-2-1-3-5-13/h1-9,12H,10-11H2,(H,19,20). The molecule has 0 spiro atoms. The molecule has 0 aliphatic heterocycles. The average Bonchev–Trinajstić information content (AvgIpc) is 3.05. The van der Waals surface area contributed by atoms with E-state index in [0.717, 1.165) is 16.9 Å². The van der Waals surface area contributed by atoms with Crippen molar-refractivity contribution in [1.82, 2.24) is 4.98 Å². The van der Waals surface area contributed by atoms with Crippen molar-refractivity contribution in [3.05, 3.63) is 70.7 Å². The fraction of sp³-hybridized carbons (Fsp3) is 0.118. The molecule has 0 unspecified atom stereocenters. The summed E-state index contributed by atoms with van der Waals surface area (Å²) >= 11 is 6.72. The van der Waals surface area contributed by atoms with Gasteiger partial charge in [-0.1, -0.05) is 53.3 Å². The second-order valence-electron chi connectivity index (χ2n) is 5.60. The highest BCUT2D eigenvalue weighted by Gasteiger charge is 2.19. The lowest BCUT2D eigenvalue weighted by Gasteiger charge is -2.08. The summed E-state index contributed by atoms with van der Waals surface area (Å²) in [6.45, 7) is 0. The van der Waals surface area contributed by atoms with Crippen molar-refractivity contribution in [3.8, 4) is 0 Å². The molecule has 2 aromatic carbocycles. The van der Waals surface area contributed by atoms with Crippen molar-refractivity contribution in [1.29, 1.82) is 0 Å². The molecule has 1 heterocycles. The molecule has 0 atom stereocenters. The fourth-order valence-corrected chi connectivity index (χ4v) is 5.66. The second-order valence-corrected chi connectivity index (χ2v) is 11.1. The number of nitrogens with one attached hydrogen (secondary N) is 1. The third kappa shape index (κ3) is 5.07. The second kappa shape index (κ2) is 7.97. The third-order valence-electron chi connectivity index (χ3n) is 3.69. The van der Waals surface area contributed by atoms with Gasteiger partial charge < -0.3 is 0 Å². The molecule has 142 valence electrons. The smallest absolute Gasteiger partial charge is 0.255 e. The summed E-state index contributed by atoms with van der Waals surface area (Å²) in [5.74, 6) is -0.0566. The number of anilines is 1. The minimum atomic E-state index is -3.87. The molecule has 3 rings (SSSR count). The lowest BCUT2D eigenvalue weighted by atomic mass is 10.2. The van der Waals surface area contributed by atoms with Gasteiger partial charge in [-0.3, -0.25) is 4.72 Å². The summed E-state index contributed by atoms with van der Waals surface area (Å²) in [4.78, 5) is 3.86. The van der Waals surface area contributed by atoms with Gasteiger partial charge in [0.05, 0.1) is 21.7 Å². The minimum absolute atomic E-state index is 0.0566. The largest absolute Gasteiger partial charge is 0.263 e. The molecule has 0 aliphatic carbocycles. The zero-order chi connectivity index (χ0) is 19.5. The van der Waals surface area contributed by atoms with Gasteiger partial charge in [0.2, 0.25) is 0 Å². The Kier molecular flexibility index (Phi) is 5.85. The number of hydrogen-bond acceptors (Lipinski definition) is 6. The number of rotatable bonds is 7. The van der Waals surface area contributed by atoms with Crippen molar-refractivity contribution in [3.63, 3.8) is 0 Å². The highest BCUT2D eigenvalue weighted by atomic mass is 35.5. The lowest BCUT2D eigenvalue weighted by Crippen LogP contribution is -2.13. The van der Waals surface area contributed by atoms with Crippen LogP contribution in [0.1, 0.15) is 5.56 Å². The number of benzene rings is 2. The van der Waals surface area contributed by atoms with Crippen LogP contribution in [0.5, 0.6) is 0 Å². The van der Waals surface area contributed by atoms with Crippen molar-refractivity contribution in [2.45, 2.75) is 16.2 Å². The van der Waals surface area contributed by atoms with Crippen LogP contribution in [0.2, 0.25) is 4.34 Å². The van der Waals surface area contributed by atoms with Gasteiger partial charge in [-0.15, -0.1) is 0 Å². The molecule has 0 fully saturated rings. The number of sulfone groups is 1. The van der Waals surface area contributed by atoms with Gasteiger partial charge in [0, 0.05) is 0 Å². The van der Waals surface area contributed by atoms with Crippen molar-refractivity contribution in [2.75, 3.05) is 10.5 Å². The van der Waals surface area contributed by atoms with Crippen molar-refractivity contribution < 1.29 is 16.8 Å². The quantitative estimate of drug-likeness (QED) is 0.603. The van der Waals surface area contributed by atoms with Crippen LogP contribution in [0.4, 0.5) is 5.13 Å². The Labute approximate surface area is 166 Å². The summed E-state index contributed by atoms with van der Waals surface area (Å²) in [5, 5.41) is 0.138. The number of thiazole rings is 1. The van der Waals surface area contributed by atoms with E-state index in [1.165, 1.54) is 30.5 Å². The first kappa shape index (κ1) is 19.8. The number of halogens is 1. The van der Waals surface area contributed by atoms with Crippen LogP contribution in [0.25, 0.3) is 0 Å². The molecule has 0 amide bonds. The molecule has 10 heteroatoms. The van der Waals surface area contributed by atoms with E-state index in [2.05, 4.69) is 9.71 Å². The predicted octanol–water partition coefficient (Wildman–Crippen LogP) is 3.61. The van der Waals surface area contributed by atoms with Crippen LogP contribution in [-0.4, -0.2) is 27.6 Å². The number of aromatic nitrogens is 1. The Bertz CT molecular complexity index is 1130. The topological polar surface area (TPSA) is 93.2 Å². The summed E-state index contributed by atoms with van der Waals surface area (Å²) in [5.41, 5.74) is 0.923. The molecule has 0 saturated carbocycles. The number of nitrogens with zero attached hydrogens (tertiary/aromatic N) is 1. The van der Waals surface area contributed by atoms with E-state index < -0.39 is 19.9 Å². The van der Waals surface area contributed by atoms with Crippen molar-refractivity contribution in [2.24, 2.45) is 0 Å². The molecular formula is C17H15ClN2O4S3. The molecule has 0 saturated heterocycles. The third-order valence-corrected chi connectivity index (χ3v) is 7.94. The average molecular weight is 443 g/mol. The number of aryl methyl sites for hydroxylation is 1. The maximum absolute atomic E-state index is 12.5. The van der Waals surface area contributed by atoms with Gasteiger partial charge in [-0.2, -0.15) is 0 Å². The molecule has 1 N–H and O–H groups in total. The first-order valence-corrected chi connectivity index (χ1v) is 12.1. The van der Waals surface area contributed by atoms with E-state index in [4.69, 9.17) is 11.6 Å². The van der Waals surface area contributed by atoms with E-state index in [1.54, 1.807) is 0 Å². The summed E-state index contributed by atoms with van der Waals surface area (Å²) < 4.78 is 52.3. The van der Waals surface area contributed by atoms with Crippen LogP contribution in [0, 0.1) is 0 Å². The van der Waals surface area contributed by atoms with Gasteiger partial charge in [-0.05, 0) is 36.2 Å². The van der Waals surface area contributed by atoms with E-state index in [-0.39, 0.29) is 20.7 Å². The molecular weight excluding hydrogens is 428 g/mol. The molecule has 27 heavy (non-hydrogen) atoms. The first-order valence-electron chi connectivity index (χ1n) is 7.77. The van der Waals surface area contributed by atoms with E-state index >= 15 is 0 Å². The Hall–Kier alpha value is -1.94. The number of hydrogen-bond donors (Lipinski definition) is 1. The van der Waals surface area contributed by atoms with Crippen LogP contribution < -0.4 is 4.72 Å². The highest BCUT2D eigenvalue weighted by Crippen LogP contribution is 2.25. The molecule has 0 aliphatic rings. The number of sulfonamides is 1. The fourth-order valence-electron chi connectivity index (χ4n) is 2.32. The molecule has 0 radical (unpaired) electrons. The van der Waals surface area contributed by atoms with Gasteiger partial charge in [0.15, 0.2) is 15.0 Å². The Morgan fingerprint density at radius 2 is 1.56 bits per heavy atom. The van der Waals surface area contributed by atoms with Gasteiger partial charge in [0.1, 0.15) is 4.34 Å². The SMILES string of the molecule is O=S(=O)(CCc1ccccc1)c1ccc(S(=O)(=O)Nc2ncc(Cl)s2)cc1. The summed E-state index contributed by atoms with van der Waals surface area (Å²) in [6.07, 6.45) is 1.72. The zero-order valence-electron chi connectivity index (χ0n) is 13.9. The minimum Gasteiger partial charge on any atom is -0.255 e. The predicted molar refractivity (Wildman–Crippen MR) is 107 cm³/mol.